The zero-order valence-corrected chi connectivity index (χ0v) is 21.7. The third kappa shape index (κ3) is 4.77. The molecular weight excluding hydrogens is 467 g/mol. The quantitative estimate of drug-likeness (QED) is 0.392. The van der Waals surface area contributed by atoms with Gasteiger partial charge in [-0.05, 0) is 81.9 Å². The minimum absolute atomic E-state index is 0. The van der Waals surface area contributed by atoms with Crippen LogP contribution in [0.3, 0.4) is 0 Å². The van der Waals surface area contributed by atoms with Gasteiger partial charge >= 0.3 is 29.6 Å². The van der Waals surface area contributed by atoms with Crippen LogP contribution < -0.4 is 34.7 Å². The second kappa shape index (κ2) is 9.88. The van der Waals surface area contributed by atoms with E-state index >= 15 is 0 Å². The number of carboxylic acids is 1. The Balaban J connectivity index is 0.00000259. The molecule has 0 radical (unpaired) electrons. The first-order chi connectivity index (χ1) is 15.4. The molecule has 0 aliphatic heterocycles. The summed E-state index contributed by atoms with van der Waals surface area (Å²) in [5.74, 6) is -1.45. The maximum absolute atomic E-state index is 12.0. The number of hydrogen-bond donors (Lipinski definition) is 2. The Morgan fingerprint density at radius 2 is 1.64 bits per heavy atom. The van der Waals surface area contributed by atoms with Gasteiger partial charge in [0, 0.05) is 21.4 Å². The fourth-order valence-electron chi connectivity index (χ4n) is 4.27. The second-order valence-corrected chi connectivity index (χ2v) is 9.99. The topological polar surface area (TPSA) is 89.8 Å². The molecule has 33 heavy (non-hydrogen) atoms. The van der Waals surface area contributed by atoms with E-state index in [9.17, 15) is 20.1 Å². The van der Waals surface area contributed by atoms with Gasteiger partial charge in [0.05, 0.1) is 5.97 Å². The Bertz CT molecular complexity index is 1340. The van der Waals surface area contributed by atoms with E-state index in [2.05, 4.69) is 0 Å². The van der Waals surface area contributed by atoms with Gasteiger partial charge in [-0.1, -0.05) is 12.1 Å². The number of carbonyl (C=O) groups is 1. The van der Waals surface area contributed by atoms with Crippen molar-refractivity contribution in [2.75, 3.05) is 0 Å². The largest absolute Gasteiger partial charge is 1.00 e. The Hall–Kier alpha value is -1.71. The van der Waals surface area contributed by atoms with Crippen LogP contribution in [0.5, 0.6) is 0 Å². The summed E-state index contributed by atoms with van der Waals surface area (Å²) in [6.45, 7) is 0.161. The zero-order chi connectivity index (χ0) is 22.3. The Kier molecular flexibility index (Phi) is 7.31. The summed E-state index contributed by atoms with van der Waals surface area (Å²) in [6.07, 6.45) is -0.887. The van der Waals surface area contributed by atoms with Gasteiger partial charge in [-0.3, -0.25) is 0 Å². The van der Waals surface area contributed by atoms with Crippen molar-refractivity contribution in [1.29, 1.82) is 0 Å². The van der Waals surface area contributed by atoms with E-state index in [1.165, 1.54) is 4.70 Å². The van der Waals surface area contributed by atoms with Gasteiger partial charge in [-0.2, -0.15) is 0 Å². The monoisotopic (exact) mass is 488 g/mol. The Labute approximate surface area is 221 Å². The maximum Gasteiger partial charge on any atom is 1.00 e. The molecule has 0 saturated heterocycles. The van der Waals surface area contributed by atoms with Gasteiger partial charge in [-0.25, -0.2) is 0 Å². The van der Waals surface area contributed by atoms with Crippen molar-refractivity contribution in [1.82, 2.24) is 0 Å². The molecule has 2 heterocycles. The number of aliphatic carboxylic acids is 1. The van der Waals surface area contributed by atoms with E-state index < -0.39 is 17.7 Å². The summed E-state index contributed by atoms with van der Waals surface area (Å²) in [7, 11) is 0. The number of fused-ring (bicyclic) bond motifs is 2. The van der Waals surface area contributed by atoms with E-state index in [0.717, 1.165) is 26.6 Å². The van der Waals surface area contributed by atoms with Crippen LogP contribution >= 0.6 is 22.7 Å². The molecule has 0 amide bonds. The number of carboxylic acid groups (broad SMARTS) is 1. The number of benzene rings is 2. The first kappa shape index (κ1) is 24.4. The van der Waals surface area contributed by atoms with Crippen molar-refractivity contribution in [3.63, 3.8) is 0 Å². The van der Waals surface area contributed by atoms with E-state index in [1.54, 1.807) is 22.7 Å². The van der Waals surface area contributed by atoms with E-state index in [4.69, 9.17) is 4.74 Å². The summed E-state index contributed by atoms with van der Waals surface area (Å²) in [5, 5.41) is 39.8. The van der Waals surface area contributed by atoms with Crippen LogP contribution in [0.2, 0.25) is 0 Å². The van der Waals surface area contributed by atoms with Crippen molar-refractivity contribution >= 4 is 48.8 Å². The van der Waals surface area contributed by atoms with E-state index in [0.29, 0.717) is 0 Å². The second-order valence-electron chi connectivity index (χ2n) is 8.10. The molecule has 0 fully saturated rings. The molecule has 0 bridgehead atoms. The van der Waals surface area contributed by atoms with E-state index in [-0.39, 0.29) is 66.8 Å². The summed E-state index contributed by atoms with van der Waals surface area (Å²) in [6, 6.07) is 15.8. The van der Waals surface area contributed by atoms with Crippen LogP contribution in [0, 0.1) is 0 Å². The summed E-state index contributed by atoms with van der Waals surface area (Å²) in [4.78, 5) is 12.0. The van der Waals surface area contributed by atoms with Crippen LogP contribution in [0.1, 0.15) is 24.0 Å². The standard InChI is InChI=1S/C25H22O5S2.Na/c26-20-5-8-25(29,24(27)28)19(13-15-1-3-21-17(11-15)6-9-31-21)23(20)30-14-16-2-4-22-18(12-16)7-10-32-22;/h1-4,6-7,9-12,20,26,29H,5,8,13-14H2,(H,27,28);/q;+1/p-1/t20-,25+;/m0./s1. The third-order valence-corrected chi connectivity index (χ3v) is 7.82. The predicted octanol–water partition coefficient (Wildman–Crippen LogP) is 0.769. The minimum atomic E-state index is -2.19. The molecule has 0 saturated carbocycles. The molecule has 4 aromatic rings. The van der Waals surface area contributed by atoms with Crippen LogP contribution in [0.25, 0.3) is 20.2 Å². The Morgan fingerprint density at radius 3 is 2.27 bits per heavy atom. The van der Waals surface area contributed by atoms with Crippen molar-refractivity contribution < 1.29 is 54.4 Å². The fraction of sp³-hybridized carbons (Fsp3) is 0.240. The predicted molar refractivity (Wildman–Crippen MR) is 124 cm³/mol. The zero-order valence-electron chi connectivity index (χ0n) is 18.1. The molecule has 2 aromatic heterocycles. The van der Waals surface area contributed by atoms with Gasteiger partial charge in [0.15, 0.2) is 0 Å². The molecular formula is C25H21NaO5S2. The number of thiophene rings is 2. The summed E-state index contributed by atoms with van der Waals surface area (Å²) in [5.41, 5.74) is -0.296. The minimum Gasteiger partial charge on any atom is -0.547 e. The molecule has 8 heteroatoms. The average molecular weight is 489 g/mol. The number of aliphatic hydroxyl groups is 2. The SMILES string of the molecule is O=C([O-])[C@@]1(O)CC[C@H](O)C(OCc2ccc3sccc3c2)=C1Cc1ccc2sccc2c1.[Na+]. The molecule has 5 nitrogen and oxygen atoms in total. The van der Waals surface area contributed by atoms with Crippen LogP contribution in [0.4, 0.5) is 0 Å². The molecule has 1 aliphatic rings. The molecule has 1 aliphatic carbocycles. The number of carbonyl (C=O) groups excluding carboxylic acids is 1. The number of aliphatic hydroxyl groups excluding tert-OH is 1. The van der Waals surface area contributed by atoms with Crippen molar-refractivity contribution in [2.45, 2.75) is 37.6 Å². The average Bonchev–Trinajstić information content (AvgIpc) is 3.44. The van der Waals surface area contributed by atoms with Crippen molar-refractivity contribution in [3.8, 4) is 0 Å². The number of hydrogen-bond acceptors (Lipinski definition) is 7. The number of ether oxygens (including phenoxy) is 1. The van der Waals surface area contributed by atoms with Crippen molar-refractivity contribution in [2.24, 2.45) is 0 Å². The fourth-order valence-corrected chi connectivity index (χ4v) is 5.81. The molecule has 0 spiro atoms. The van der Waals surface area contributed by atoms with Gasteiger partial charge in [-0.15, -0.1) is 22.7 Å². The van der Waals surface area contributed by atoms with Gasteiger partial charge in [0.2, 0.25) is 0 Å². The molecule has 2 aromatic carbocycles. The van der Waals surface area contributed by atoms with Gasteiger partial charge in [0.25, 0.3) is 0 Å². The molecule has 164 valence electrons. The number of rotatable bonds is 6. The maximum atomic E-state index is 12.0. The first-order valence-corrected chi connectivity index (χ1v) is 12.1. The summed E-state index contributed by atoms with van der Waals surface area (Å²) >= 11 is 3.28. The summed E-state index contributed by atoms with van der Waals surface area (Å²) < 4.78 is 8.29. The van der Waals surface area contributed by atoms with Crippen LogP contribution in [-0.2, 0) is 22.6 Å². The van der Waals surface area contributed by atoms with Crippen molar-refractivity contribution in [3.05, 3.63) is 81.8 Å². The first-order valence-electron chi connectivity index (χ1n) is 10.3. The third-order valence-electron chi connectivity index (χ3n) is 6.03. The molecule has 2 N–H and O–H groups in total. The molecule has 5 rings (SSSR count). The normalized spacial score (nSPS) is 20.7. The van der Waals surface area contributed by atoms with Gasteiger partial charge in [0.1, 0.15) is 24.1 Å². The molecule has 0 unspecified atom stereocenters. The molecule has 2 atom stereocenters. The van der Waals surface area contributed by atoms with Crippen LogP contribution in [0.15, 0.2) is 70.6 Å². The van der Waals surface area contributed by atoms with Crippen LogP contribution in [-0.4, -0.2) is 27.9 Å². The smallest absolute Gasteiger partial charge is 0.547 e. The Morgan fingerprint density at radius 1 is 1.03 bits per heavy atom. The van der Waals surface area contributed by atoms with E-state index in [1.807, 2.05) is 59.3 Å². The van der Waals surface area contributed by atoms with Gasteiger partial charge < -0.3 is 24.9 Å².